The summed E-state index contributed by atoms with van der Waals surface area (Å²) in [5.74, 6) is -0.622. The van der Waals surface area contributed by atoms with Crippen molar-refractivity contribution in [1.82, 2.24) is 24.5 Å². The molecule has 0 radical (unpaired) electrons. The summed E-state index contributed by atoms with van der Waals surface area (Å²) >= 11 is 0. The summed E-state index contributed by atoms with van der Waals surface area (Å²) < 4.78 is 16.9. The SMILES string of the molecule is C=N/C(=C(F)\C=C/C)n1cccc(Nc2cc(NC)n3ncc(C(=O)N[C@@H]4CC[C@@H]4O)c3n2)c1=O. The van der Waals surface area contributed by atoms with Crippen LogP contribution in [0.4, 0.5) is 21.7 Å². The number of aliphatic imine (C=N–C) groups is 1. The first-order chi connectivity index (χ1) is 16.9. The van der Waals surface area contributed by atoms with Crippen LogP contribution < -0.4 is 21.5 Å². The van der Waals surface area contributed by atoms with Crippen molar-refractivity contribution in [3.63, 3.8) is 0 Å². The number of carbonyl (C=O) groups is 1. The fraction of sp³-hybridized carbons (Fsp3) is 0.261. The Morgan fingerprint density at radius 3 is 2.83 bits per heavy atom. The van der Waals surface area contributed by atoms with Crippen LogP contribution in [0.25, 0.3) is 11.5 Å². The lowest BCUT2D eigenvalue weighted by Crippen LogP contribution is -2.50. The molecule has 0 unspecified atom stereocenters. The highest BCUT2D eigenvalue weighted by Crippen LogP contribution is 2.23. The van der Waals surface area contributed by atoms with Crippen LogP contribution in [0.3, 0.4) is 0 Å². The molecule has 1 saturated carbocycles. The molecule has 4 rings (SSSR count). The molecule has 182 valence electrons. The van der Waals surface area contributed by atoms with Crippen LogP contribution in [-0.4, -0.2) is 56.1 Å². The molecule has 1 fully saturated rings. The molecule has 2 atom stereocenters. The molecule has 0 spiro atoms. The predicted molar refractivity (Wildman–Crippen MR) is 132 cm³/mol. The summed E-state index contributed by atoms with van der Waals surface area (Å²) in [5, 5.41) is 22.7. The Kier molecular flexibility index (Phi) is 6.73. The van der Waals surface area contributed by atoms with Gasteiger partial charge in [0.25, 0.3) is 11.5 Å². The van der Waals surface area contributed by atoms with E-state index in [2.05, 4.69) is 37.7 Å². The van der Waals surface area contributed by atoms with E-state index in [9.17, 15) is 19.1 Å². The van der Waals surface area contributed by atoms with E-state index >= 15 is 0 Å². The largest absolute Gasteiger partial charge is 0.391 e. The Labute approximate surface area is 199 Å². The number of aliphatic hydroxyl groups is 1. The zero-order valence-electron chi connectivity index (χ0n) is 19.2. The first-order valence-corrected chi connectivity index (χ1v) is 10.9. The van der Waals surface area contributed by atoms with Crippen molar-refractivity contribution in [2.45, 2.75) is 31.9 Å². The van der Waals surface area contributed by atoms with E-state index < -0.39 is 23.4 Å². The number of aliphatic hydroxyl groups excluding tert-OH is 1. The molecular weight excluding hydrogens is 455 g/mol. The Bertz CT molecular complexity index is 1410. The van der Waals surface area contributed by atoms with E-state index in [1.54, 1.807) is 26.1 Å². The molecule has 3 aromatic heterocycles. The summed E-state index contributed by atoms with van der Waals surface area (Å²) in [6, 6.07) is 4.36. The fourth-order valence-corrected chi connectivity index (χ4v) is 3.64. The van der Waals surface area contributed by atoms with Gasteiger partial charge >= 0.3 is 0 Å². The highest BCUT2D eigenvalue weighted by atomic mass is 19.1. The first-order valence-electron chi connectivity index (χ1n) is 10.9. The number of aromatic nitrogens is 4. The Morgan fingerprint density at radius 2 is 2.20 bits per heavy atom. The zero-order chi connectivity index (χ0) is 25.1. The molecule has 11 nitrogen and oxygen atoms in total. The van der Waals surface area contributed by atoms with Crippen LogP contribution in [0.5, 0.6) is 0 Å². The highest BCUT2D eigenvalue weighted by molar-refractivity contribution is 6.00. The number of nitrogens with one attached hydrogen (secondary N) is 3. The number of hydrogen-bond acceptors (Lipinski definition) is 8. The van der Waals surface area contributed by atoms with Crippen LogP contribution in [0, 0.1) is 0 Å². The lowest BCUT2D eigenvalue weighted by molar-refractivity contribution is 0.0448. The number of halogens is 1. The number of hydrogen-bond donors (Lipinski definition) is 4. The van der Waals surface area contributed by atoms with Gasteiger partial charge in [-0.1, -0.05) is 6.08 Å². The van der Waals surface area contributed by atoms with E-state index in [1.165, 1.54) is 35.1 Å². The molecule has 1 aliphatic rings. The zero-order valence-corrected chi connectivity index (χ0v) is 19.2. The lowest BCUT2D eigenvalue weighted by Gasteiger charge is -2.32. The summed E-state index contributed by atoms with van der Waals surface area (Å²) in [6.45, 7) is 5.00. The number of fused-ring (bicyclic) bond motifs is 1. The van der Waals surface area contributed by atoms with Gasteiger partial charge in [-0.15, -0.1) is 0 Å². The van der Waals surface area contributed by atoms with Crippen LogP contribution in [0.15, 0.2) is 58.4 Å². The second-order valence-electron chi connectivity index (χ2n) is 7.85. The molecule has 0 saturated heterocycles. The Balaban J connectivity index is 1.72. The molecule has 1 aliphatic carbocycles. The van der Waals surface area contributed by atoms with Crippen molar-refractivity contribution >= 4 is 41.4 Å². The average molecular weight is 481 g/mol. The maximum atomic E-state index is 14.4. The third kappa shape index (κ3) is 4.55. The molecule has 35 heavy (non-hydrogen) atoms. The van der Waals surface area contributed by atoms with Crippen molar-refractivity contribution in [2.75, 3.05) is 17.7 Å². The topological polar surface area (TPSA) is 138 Å². The van der Waals surface area contributed by atoms with Crippen molar-refractivity contribution < 1.29 is 14.3 Å². The van der Waals surface area contributed by atoms with Crippen molar-refractivity contribution in [1.29, 1.82) is 0 Å². The Hall–Kier alpha value is -4.32. The maximum absolute atomic E-state index is 14.4. The highest BCUT2D eigenvalue weighted by Gasteiger charge is 2.31. The van der Waals surface area contributed by atoms with Crippen LogP contribution in [-0.2, 0) is 0 Å². The van der Waals surface area contributed by atoms with E-state index in [4.69, 9.17) is 0 Å². The monoisotopic (exact) mass is 480 g/mol. The molecule has 12 heteroatoms. The Morgan fingerprint density at radius 1 is 1.40 bits per heavy atom. The van der Waals surface area contributed by atoms with Gasteiger partial charge in [0.1, 0.15) is 22.9 Å². The van der Waals surface area contributed by atoms with Gasteiger partial charge in [-0.3, -0.25) is 14.2 Å². The number of nitrogens with zero attached hydrogens (tertiary/aromatic N) is 5. The van der Waals surface area contributed by atoms with E-state index in [-0.39, 0.29) is 34.6 Å². The van der Waals surface area contributed by atoms with Gasteiger partial charge in [-0.05, 0) is 44.7 Å². The van der Waals surface area contributed by atoms with Gasteiger partial charge in [0.05, 0.1) is 18.3 Å². The number of amides is 1. The number of rotatable bonds is 8. The summed E-state index contributed by atoms with van der Waals surface area (Å²) in [6.07, 6.45) is 6.20. The minimum Gasteiger partial charge on any atom is -0.391 e. The van der Waals surface area contributed by atoms with Gasteiger partial charge in [0.15, 0.2) is 17.3 Å². The molecule has 1 amide bonds. The van der Waals surface area contributed by atoms with Gasteiger partial charge in [-0.2, -0.15) is 9.61 Å². The van der Waals surface area contributed by atoms with Gasteiger partial charge in [0.2, 0.25) is 0 Å². The third-order valence-corrected chi connectivity index (χ3v) is 5.64. The number of anilines is 3. The molecule has 0 aliphatic heterocycles. The molecule has 3 aromatic rings. The quantitative estimate of drug-likeness (QED) is 0.287. The van der Waals surface area contributed by atoms with Gasteiger partial charge < -0.3 is 21.1 Å². The average Bonchev–Trinajstić information content (AvgIpc) is 3.28. The second-order valence-corrected chi connectivity index (χ2v) is 7.85. The molecule has 3 heterocycles. The van der Waals surface area contributed by atoms with Crippen LogP contribution >= 0.6 is 0 Å². The molecule has 0 bridgehead atoms. The smallest absolute Gasteiger partial charge is 0.280 e. The van der Waals surface area contributed by atoms with Crippen molar-refractivity contribution in [2.24, 2.45) is 4.99 Å². The minimum atomic E-state index is -0.717. The summed E-state index contributed by atoms with van der Waals surface area (Å²) in [4.78, 5) is 34.0. The standard InChI is InChI=1S/C23H25FN8O3/c1-4-6-14(24)21(26-3)31-10-5-7-16(23(31)35)28-18-11-19(25-2)32-20(30-18)13(12-27-32)22(34)29-15-8-9-17(15)33/h4-7,10-12,15,17,25,33H,3,8-9H2,1-2H3,(H,28,30)(H,29,34)/b6-4-,21-14-/t15-,17+/m1/s1. The summed E-state index contributed by atoms with van der Waals surface area (Å²) in [7, 11) is 1.68. The predicted octanol–water partition coefficient (Wildman–Crippen LogP) is 2.30. The van der Waals surface area contributed by atoms with Gasteiger partial charge in [0, 0.05) is 19.3 Å². The number of pyridine rings is 1. The van der Waals surface area contributed by atoms with E-state index in [0.717, 1.165) is 4.57 Å². The second kappa shape index (κ2) is 9.89. The first kappa shape index (κ1) is 23.8. The molecule has 0 aromatic carbocycles. The van der Waals surface area contributed by atoms with E-state index in [1.807, 2.05) is 0 Å². The van der Waals surface area contributed by atoms with Crippen LogP contribution in [0.1, 0.15) is 30.1 Å². The molecule has 4 N–H and O–H groups in total. The molecular formula is C23H25FN8O3. The maximum Gasteiger partial charge on any atom is 0.280 e. The fourth-order valence-electron chi connectivity index (χ4n) is 3.64. The van der Waals surface area contributed by atoms with Crippen molar-refractivity contribution in [3.05, 3.63) is 64.5 Å². The normalized spacial score (nSPS) is 18.2. The third-order valence-electron chi connectivity index (χ3n) is 5.64. The lowest BCUT2D eigenvalue weighted by atomic mass is 9.89. The number of carbonyl (C=O) groups excluding carboxylic acids is 1. The van der Waals surface area contributed by atoms with Gasteiger partial charge in [-0.25, -0.2) is 14.4 Å². The van der Waals surface area contributed by atoms with Crippen molar-refractivity contribution in [3.8, 4) is 0 Å². The minimum absolute atomic E-state index is 0.101. The summed E-state index contributed by atoms with van der Waals surface area (Å²) in [5.41, 5.74) is -0.0183. The van der Waals surface area contributed by atoms with Crippen LogP contribution in [0.2, 0.25) is 0 Å². The number of allylic oxidation sites excluding steroid dienone is 3. The van der Waals surface area contributed by atoms with E-state index in [0.29, 0.717) is 18.7 Å².